The van der Waals surface area contributed by atoms with Crippen LogP contribution in [0.25, 0.3) is 0 Å². The molecular weight excluding hydrogens is 244 g/mol. The van der Waals surface area contributed by atoms with Crippen LogP contribution in [0.15, 0.2) is 30.3 Å². The molecular formula is C18H28N2. The average Bonchev–Trinajstić information content (AvgIpc) is 3.33. The van der Waals surface area contributed by atoms with Crippen LogP contribution in [0.3, 0.4) is 0 Å². The minimum atomic E-state index is 0.556. The Labute approximate surface area is 123 Å². The quantitative estimate of drug-likeness (QED) is 0.883. The summed E-state index contributed by atoms with van der Waals surface area (Å²) >= 11 is 0. The van der Waals surface area contributed by atoms with Crippen molar-refractivity contribution in [2.75, 3.05) is 19.6 Å². The van der Waals surface area contributed by atoms with E-state index in [1.807, 2.05) is 0 Å². The van der Waals surface area contributed by atoms with Gasteiger partial charge >= 0.3 is 0 Å². The highest BCUT2D eigenvalue weighted by atomic mass is 15.2. The summed E-state index contributed by atoms with van der Waals surface area (Å²) in [6.45, 7) is 8.31. The standard InChI is InChI=1S/C18H28N2/c1-3-17-13-20(12-14(2)15-9-10-15)18(11-19-17)16-7-5-4-6-8-16/h4-8,14-15,17-19H,3,9-13H2,1-2H3. The predicted octanol–water partition coefficient (Wildman–Crippen LogP) is 3.46. The molecule has 1 N–H and O–H groups in total. The number of nitrogens with zero attached hydrogens (tertiary/aromatic N) is 1. The van der Waals surface area contributed by atoms with E-state index in [0.29, 0.717) is 12.1 Å². The van der Waals surface area contributed by atoms with Crippen molar-refractivity contribution >= 4 is 0 Å². The third-order valence-corrected chi connectivity index (χ3v) is 5.12. The molecule has 1 aromatic carbocycles. The van der Waals surface area contributed by atoms with Crippen LogP contribution in [-0.2, 0) is 0 Å². The second-order valence-corrected chi connectivity index (χ2v) is 6.71. The maximum atomic E-state index is 3.72. The van der Waals surface area contributed by atoms with Gasteiger partial charge in [0.1, 0.15) is 0 Å². The van der Waals surface area contributed by atoms with Gasteiger partial charge in [-0.25, -0.2) is 0 Å². The van der Waals surface area contributed by atoms with Crippen LogP contribution in [0.5, 0.6) is 0 Å². The Bertz CT molecular complexity index is 413. The maximum Gasteiger partial charge on any atom is 0.0473 e. The molecule has 3 atom stereocenters. The van der Waals surface area contributed by atoms with E-state index in [4.69, 9.17) is 0 Å². The summed E-state index contributed by atoms with van der Waals surface area (Å²) in [4.78, 5) is 2.74. The van der Waals surface area contributed by atoms with Crippen molar-refractivity contribution in [1.82, 2.24) is 10.2 Å². The maximum absolute atomic E-state index is 3.72. The van der Waals surface area contributed by atoms with Crippen molar-refractivity contribution in [3.05, 3.63) is 35.9 Å². The fourth-order valence-electron chi connectivity index (χ4n) is 3.55. The summed E-state index contributed by atoms with van der Waals surface area (Å²) < 4.78 is 0. The van der Waals surface area contributed by atoms with Crippen molar-refractivity contribution in [2.24, 2.45) is 11.8 Å². The summed E-state index contributed by atoms with van der Waals surface area (Å²) in [6, 6.07) is 12.3. The molecule has 1 aromatic rings. The van der Waals surface area contributed by atoms with E-state index in [0.717, 1.165) is 18.4 Å². The number of rotatable bonds is 5. The summed E-state index contributed by atoms with van der Waals surface area (Å²) in [6.07, 6.45) is 4.15. The molecule has 1 saturated heterocycles. The van der Waals surface area contributed by atoms with Crippen LogP contribution < -0.4 is 5.32 Å². The molecule has 2 aliphatic rings. The minimum absolute atomic E-state index is 0.556. The van der Waals surface area contributed by atoms with Crippen LogP contribution in [0.2, 0.25) is 0 Å². The molecule has 2 fully saturated rings. The van der Waals surface area contributed by atoms with Gasteiger partial charge in [0, 0.05) is 31.7 Å². The second-order valence-electron chi connectivity index (χ2n) is 6.71. The van der Waals surface area contributed by atoms with Crippen LogP contribution in [0, 0.1) is 11.8 Å². The molecule has 3 unspecified atom stereocenters. The highest BCUT2D eigenvalue weighted by molar-refractivity contribution is 5.20. The van der Waals surface area contributed by atoms with Crippen LogP contribution in [0.1, 0.15) is 44.7 Å². The van der Waals surface area contributed by atoms with Gasteiger partial charge < -0.3 is 5.32 Å². The number of hydrogen-bond donors (Lipinski definition) is 1. The topological polar surface area (TPSA) is 15.3 Å². The lowest BCUT2D eigenvalue weighted by molar-refractivity contribution is 0.107. The van der Waals surface area contributed by atoms with Gasteiger partial charge in [0.15, 0.2) is 0 Å². The van der Waals surface area contributed by atoms with Crippen LogP contribution >= 0.6 is 0 Å². The molecule has 1 saturated carbocycles. The normalized spacial score (nSPS) is 29.3. The molecule has 1 aliphatic carbocycles. The Morgan fingerprint density at radius 1 is 1.25 bits per heavy atom. The molecule has 0 bridgehead atoms. The fraction of sp³-hybridized carbons (Fsp3) is 0.667. The zero-order valence-corrected chi connectivity index (χ0v) is 12.9. The summed E-state index contributed by atoms with van der Waals surface area (Å²) in [5, 5.41) is 3.72. The average molecular weight is 272 g/mol. The van der Waals surface area contributed by atoms with E-state index in [1.54, 1.807) is 0 Å². The summed E-state index contributed by atoms with van der Waals surface area (Å²) in [5.41, 5.74) is 1.47. The highest BCUT2D eigenvalue weighted by Crippen LogP contribution is 2.38. The number of benzene rings is 1. The van der Waals surface area contributed by atoms with Crippen LogP contribution in [-0.4, -0.2) is 30.6 Å². The van der Waals surface area contributed by atoms with E-state index >= 15 is 0 Å². The first-order valence-corrected chi connectivity index (χ1v) is 8.30. The molecule has 3 rings (SSSR count). The Balaban J connectivity index is 1.72. The lowest BCUT2D eigenvalue weighted by Crippen LogP contribution is -2.53. The Morgan fingerprint density at radius 2 is 2.00 bits per heavy atom. The molecule has 2 nitrogen and oxygen atoms in total. The SMILES string of the molecule is CCC1CN(CC(C)C2CC2)C(c2ccccc2)CN1. The first kappa shape index (κ1) is 14.1. The van der Waals surface area contributed by atoms with Gasteiger partial charge in [0.2, 0.25) is 0 Å². The zero-order chi connectivity index (χ0) is 13.9. The Morgan fingerprint density at radius 3 is 2.65 bits per heavy atom. The van der Waals surface area contributed by atoms with Gasteiger partial charge in [-0.05, 0) is 36.7 Å². The van der Waals surface area contributed by atoms with Gasteiger partial charge in [-0.1, -0.05) is 44.2 Å². The molecule has 0 amide bonds. The summed E-state index contributed by atoms with van der Waals surface area (Å²) in [7, 11) is 0. The number of nitrogens with one attached hydrogen (secondary N) is 1. The van der Waals surface area contributed by atoms with Crippen molar-refractivity contribution in [3.63, 3.8) is 0 Å². The smallest absolute Gasteiger partial charge is 0.0473 e. The van der Waals surface area contributed by atoms with Crippen molar-refractivity contribution in [1.29, 1.82) is 0 Å². The monoisotopic (exact) mass is 272 g/mol. The number of piperazine rings is 1. The summed E-state index contributed by atoms with van der Waals surface area (Å²) in [5.74, 6) is 1.86. The van der Waals surface area contributed by atoms with E-state index in [1.165, 1.54) is 37.9 Å². The first-order chi connectivity index (χ1) is 9.78. The molecule has 20 heavy (non-hydrogen) atoms. The lowest BCUT2D eigenvalue weighted by Gasteiger charge is -2.41. The lowest BCUT2D eigenvalue weighted by atomic mass is 9.97. The number of hydrogen-bond acceptors (Lipinski definition) is 2. The van der Waals surface area contributed by atoms with Gasteiger partial charge in [0.05, 0.1) is 0 Å². The molecule has 1 heterocycles. The van der Waals surface area contributed by atoms with Crippen molar-refractivity contribution in [3.8, 4) is 0 Å². The van der Waals surface area contributed by atoms with Gasteiger partial charge in [-0.3, -0.25) is 4.90 Å². The Kier molecular flexibility index (Phi) is 4.42. The largest absolute Gasteiger partial charge is 0.311 e. The molecule has 2 heteroatoms. The zero-order valence-electron chi connectivity index (χ0n) is 12.9. The minimum Gasteiger partial charge on any atom is -0.311 e. The molecule has 1 aliphatic heterocycles. The fourth-order valence-corrected chi connectivity index (χ4v) is 3.55. The first-order valence-electron chi connectivity index (χ1n) is 8.30. The van der Waals surface area contributed by atoms with Crippen molar-refractivity contribution < 1.29 is 0 Å². The van der Waals surface area contributed by atoms with Gasteiger partial charge in [-0.2, -0.15) is 0 Å². The molecule has 0 spiro atoms. The Hall–Kier alpha value is -0.860. The van der Waals surface area contributed by atoms with E-state index < -0.39 is 0 Å². The van der Waals surface area contributed by atoms with Crippen molar-refractivity contribution in [2.45, 2.75) is 45.2 Å². The van der Waals surface area contributed by atoms with Gasteiger partial charge in [-0.15, -0.1) is 0 Å². The molecule has 0 aromatic heterocycles. The third kappa shape index (κ3) is 3.24. The van der Waals surface area contributed by atoms with E-state index in [-0.39, 0.29) is 0 Å². The third-order valence-electron chi connectivity index (χ3n) is 5.12. The second kappa shape index (κ2) is 6.28. The van der Waals surface area contributed by atoms with E-state index in [2.05, 4.69) is 54.4 Å². The van der Waals surface area contributed by atoms with E-state index in [9.17, 15) is 0 Å². The van der Waals surface area contributed by atoms with Gasteiger partial charge in [0.25, 0.3) is 0 Å². The highest BCUT2D eigenvalue weighted by Gasteiger charge is 2.33. The van der Waals surface area contributed by atoms with Crippen LogP contribution in [0.4, 0.5) is 0 Å². The predicted molar refractivity (Wildman–Crippen MR) is 84.7 cm³/mol. The molecule has 110 valence electrons. The molecule has 0 radical (unpaired) electrons.